The van der Waals surface area contributed by atoms with Crippen LogP contribution in [0.15, 0.2) is 66.7 Å². The van der Waals surface area contributed by atoms with Crippen LogP contribution in [0.2, 0.25) is 0 Å². The largest absolute Gasteiger partial charge is 0.462 e. The van der Waals surface area contributed by atoms with Crippen LogP contribution in [-0.4, -0.2) is 41.0 Å². The van der Waals surface area contributed by atoms with Crippen LogP contribution in [0.4, 0.5) is 10.5 Å². The number of aromatic nitrogens is 2. The van der Waals surface area contributed by atoms with E-state index in [1.54, 1.807) is 6.07 Å². The van der Waals surface area contributed by atoms with Crippen molar-refractivity contribution in [3.8, 4) is 11.1 Å². The number of amides is 2. The van der Waals surface area contributed by atoms with Gasteiger partial charge in [0.1, 0.15) is 12.1 Å². The minimum absolute atomic E-state index is 0.245. The zero-order valence-electron chi connectivity index (χ0n) is 23.8. The Balaban J connectivity index is 1.38. The van der Waals surface area contributed by atoms with Crippen LogP contribution in [0, 0.1) is 0 Å². The van der Waals surface area contributed by atoms with Gasteiger partial charge in [0.05, 0.1) is 23.2 Å². The van der Waals surface area contributed by atoms with Gasteiger partial charge in [-0.1, -0.05) is 55.8 Å². The molecule has 214 valence electrons. The molecule has 0 spiro atoms. The van der Waals surface area contributed by atoms with Gasteiger partial charge in [-0.3, -0.25) is 0 Å². The van der Waals surface area contributed by atoms with Crippen molar-refractivity contribution in [3.05, 3.63) is 83.7 Å². The number of urea groups is 1. The van der Waals surface area contributed by atoms with Gasteiger partial charge in [-0.05, 0) is 73.6 Å². The molecule has 1 saturated heterocycles. The summed E-state index contributed by atoms with van der Waals surface area (Å²) in [5.74, 6) is 0.706. The fourth-order valence-electron chi connectivity index (χ4n) is 5.21. The molecule has 4 aromatic rings. The van der Waals surface area contributed by atoms with Crippen LogP contribution < -0.4 is 10.6 Å². The minimum Gasteiger partial charge on any atom is -0.462 e. The fourth-order valence-corrected chi connectivity index (χ4v) is 5.21. The van der Waals surface area contributed by atoms with E-state index in [2.05, 4.69) is 34.3 Å². The second kappa shape index (κ2) is 13.5. The highest BCUT2D eigenvalue weighted by Crippen LogP contribution is 2.27. The first-order valence-corrected chi connectivity index (χ1v) is 14.6. The summed E-state index contributed by atoms with van der Waals surface area (Å²) in [6.45, 7) is 5.64. The molecule has 0 saturated carbocycles. The molecule has 1 fully saturated rings. The Labute approximate surface area is 241 Å². The molecule has 5 rings (SSSR count). The smallest absolute Gasteiger partial charge is 0.338 e. The lowest BCUT2D eigenvalue weighted by Crippen LogP contribution is -2.41. The number of aryl methyl sites for hydroxylation is 1. The Morgan fingerprint density at radius 3 is 2.63 bits per heavy atom. The van der Waals surface area contributed by atoms with Gasteiger partial charge in [0.2, 0.25) is 0 Å². The van der Waals surface area contributed by atoms with E-state index < -0.39 is 0 Å². The number of unbranched alkanes of at least 4 members (excludes halogenated alkanes) is 1. The molecule has 0 radical (unpaired) electrons. The van der Waals surface area contributed by atoms with E-state index in [0.717, 1.165) is 72.1 Å². The molecule has 3 aromatic carbocycles. The number of anilines is 1. The minimum atomic E-state index is -0.318. The van der Waals surface area contributed by atoms with E-state index in [0.29, 0.717) is 31.0 Å². The van der Waals surface area contributed by atoms with Gasteiger partial charge in [-0.25, -0.2) is 14.6 Å². The van der Waals surface area contributed by atoms with Crippen molar-refractivity contribution in [1.29, 1.82) is 0 Å². The Hall–Kier alpha value is -4.17. The maximum atomic E-state index is 12.6. The molecule has 41 heavy (non-hydrogen) atoms. The summed E-state index contributed by atoms with van der Waals surface area (Å²) in [7, 11) is 0. The molecule has 1 aliphatic heterocycles. The number of nitrogens with one attached hydrogen (secondary N) is 2. The zero-order chi connectivity index (χ0) is 28.6. The lowest BCUT2D eigenvalue weighted by molar-refractivity contribution is 0.00342. The average Bonchev–Trinajstić information content (AvgIpc) is 3.33. The average molecular weight is 555 g/mol. The predicted molar refractivity (Wildman–Crippen MR) is 161 cm³/mol. The molecule has 1 aliphatic rings. The van der Waals surface area contributed by atoms with Crippen molar-refractivity contribution < 1.29 is 19.1 Å². The van der Waals surface area contributed by atoms with Crippen LogP contribution in [0.5, 0.6) is 0 Å². The van der Waals surface area contributed by atoms with E-state index in [1.165, 1.54) is 0 Å². The van der Waals surface area contributed by atoms with Gasteiger partial charge < -0.3 is 24.7 Å². The normalized spacial score (nSPS) is 15.0. The number of rotatable bonds is 10. The van der Waals surface area contributed by atoms with Crippen LogP contribution >= 0.6 is 0 Å². The molecule has 0 aliphatic carbocycles. The molecular formula is C33H38N4O4. The molecule has 2 heterocycles. The Kier molecular flexibility index (Phi) is 9.31. The van der Waals surface area contributed by atoms with Crippen LogP contribution in [-0.2, 0) is 22.4 Å². The lowest BCUT2D eigenvalue weighted by atomic mass is 9.98. The van der Waals surface area contributed by atoms with Crippen LogP contribution in [0.25, 0.3) is 22.2 Å². The number of benzene rings is 3. The van der Waals surface area contributed by atoms with Crippen molar-refractivity contribution in [2.75, 3.05) is 18.5 Å². The molecule has 1 aromatic heterocycles. The van der Waals surface area contributed by atoms with Crippen LogP contribution in [0.3, 0.4) is 0 Å². The molecule has 8 nitrogen and oxygen atoms in total. The molecule has 1 atom stereocenters. The van der Waals surface area contributed by atoms with E-state index >= 15 is 0 Å². The molecule has 2 N–H and O–H groups in total. The van der Waals surface area contributed by atoms with Crippen molar-refractivity contribution in [3.63, 3.8) is 0 Å². The van der Waals surface area contributed by atoms with E-state index in [1.807, 2.05) is 55.5 Å². The third kappa shape index (κ3) is 6.95. The monoisotopic (exact) mass is 554 g/mol. The van der Waals surface area contributed by atoms with Gasteiger partial charge in [-0.15, -0.1) is 0 Å². The SMILES string of the molecule is CCCCc1nc2ccc(NC(=O)NC3CCCCO3)cc2n1Cc1ccc(-c2ccccc2C(=O)OCC)cc1. The first-order valence-electron chi connectivity index (χ1n) is 14.6. The Morgan fingerprint density at radius 2 is 1.88 bits per heavy atom. The molecule has 1 unspecified atom stereocenters. The lowest BCUT2D eigenvalue weighted by Gasteiger charge is -2.23. The summed E-state index contributed by atoms with van der Waals surface area (Å²) in [5, 5.41) is 5.88. The van der Waals surface area contributed by atoms with Gasteiger partial charge in [0.25, 0.3) is 0 Å². The summed E-state index contributed by atoms with van der Waals surface area (Å²) >= 11 is 0. The second-order valence-electron chi connectivity index (χ2n) is 10.3. The maximum Gasteiger partial charge on any atom is 0.338 e. The van der Waals surface area contributed by atoms with E-state index in [9.17, 15) is 9.59 Å². The Morgan fingerprint density at radius 1 is 1.05 bits per heavy atom. The topological polar surface area (TPSA) is 94.5 Å². The summed E-state index contributed by atoms with van der Waals surface area (Å²) in [4.78, 5) is 30.1. The fraction of sp³-hybridized carbons (Fsp3) is 0.364. The van der Waals surface area contributed by atoms with Gasteiger partial charge in [0, 0.05) is 25.3 Å². The second-order valence-corrected chi connectivity index (χ2v) is 10.3. The molecule has 8 heteroatoms. The number of esters is 1. The highest BCUT2D eigenvalue weighted by Gasteiger charge is 2.18. The van der Waals surface area contributed by atoms with Gasteiger partial charge >= 0.3 is 12.0 Å². The predicted octanol–water partition coefficient (Wildman–Crippen LogP) is 6.92. The quantitative estimate of drug-likeness (QED) is 0.208. The number of carbonyl (C=O) groups excluding carboxylic acids is 2. The number of fused-ring (bicyclic) bond motifs is 1. The number of hydrogen-bond donors (Lipinski definition) is 2. The first-order chi connectivity index (χ1) is 20.1. The first kappa shape index (κ1) is 28.4. The van der Waals surface area contributed by atoms with Crippen molar-refractivity contribution in [1.82, 2.24) is 14.9 Å². The Bertz CT molecular complexity index is 1490. The highest BCUT2D eigenvalue weighted by atomic mass is 16.5. The summed E-state index contributed by atoms with van der Waals surface area (Å²) < 4.78 is 13.1. The number of nitrogens with zero attached hydrogens (tertiary/aromatic N) is 2. The number of carbonyl (C=O) groups is 2. The van der Waals surface area contributed by atoms with Crippen molar-refractivity contribution in [2.24, 2.45) is 0 Å². The third-order valence-electron chi connectivity index (χ3n) is 7.34. The number of ether oxygens (including phenoxy) is 2. The summed E-state index contributed by atoms with van der Waals surface area (Å²) in [5.41, 5.74) is 6.06. The number of hydrogen-bond acceptors (Lipinski definition) is 5. The standard InChI is InChI=1S/C33H38N4O4/c1-3-5-12-30-35-28-19-18-25(34-33(39)36-31-13-8-9-20-41-31)21-29(28)37(30)22-23-14-16-24(17-15-23)26-10-6-7-11-27(26)32(38)40-4-2/h6-7,10-11,14-19,21,31H,3-5,8-9,12-13,20,22H2,1-2H3,(H2,34,36,39). The maximum absolute atomic E-state index is 12.6. The molecule has 0 bridgehead atoms. The van der Waals surface area contributed by atoms with Crippen LogP contribution in [0.1, 0.15) is 67.7 Å². The van der Waals surface area contributed by atoms with Crippen molar-refractivity contribution >= 4 is 28.7 Å². The zero-order valence-corrected chi connectivity index (χ0v) is 23.8. The summed E-state index contributed by atoms with van der Waals surface area (Å²) in [6.07, 6.45) is 5.66. The molecular weight excluding hydrogens is 516 g/mol. The highest BCUT2D eigenvalue weighted by molar-refractivity contribution is 5.97. The van der Waals surface area contributed by atoms with Gasteiger partial charge in [-0.2, -0.15) is 0 Å². The van der Waals surface area contributed by atoms with Crippen molar-refractivity contribution in [2.45, 2.75) is 65.1 Å². The molecule has 2 amide bonds. The third-order valence-corrected chi connectivity index (χ3v) is 7.34. The number of imidazole rings is 1. The van der Waals surface area contributed by atoms with E-state index in [-0.39, 0.29) is 18.2 Å². The summed E-state index contributed by atoms with van der Waals surface area (Å²) in [6, 6.07) is 21.4. The van der Waals surface area contributed by atoms with E-state index in [4.69, 9.17) is 14.5 Å². The van der Waals surface area contributed by atoms with Gasteiger partial charge in [0.15, 0.2) is 0 Å².